The van der Waals surface area contributed by atoms with Gasteiger partial charge in [0.15, 0.2) is 16.6 Å². The van der Waals surface area contributed by atoms with Gasteiger partial charge in [0.25, 0.3) is 0 Å². The Morgan fingerprint density at radius 2 is 1.95 bits per heavy atom. The molecule has 3 heterocycles. The van der Waals surface area contributed by atoms with Gasteiger partial charge >= 0.3 is 5.97 Å². The van der Waals surface area contributed by atoms with Crippen LogP contribution in [0.1, 0.15) is 0 Å². The number of nitrogens with zero attached hydrogens (tertiary/aromatic N) is 5. The molecule has 0 amide bonds. The van der Waals surface area contributed by atoms with E-state index in [-0.39, 0.29) is 6.54 Å². The summed E-state index contributed by atoms with van der Waals surface area (Å²) in [5.41, 5.74) is 3.01. The second kappa shape index (κ2) is 3.83. The number of carbonyl (C=O) groups is 1. The Labute approximate surface area is 111 Å². The van der Waals surface area contributed by atoms with Crippen LogP contribution in [0.5, 0.6) is 0 Å². The van der Waals surface area contributed by atoms with Crippen molar-refractivity contribution in [2.75, 3.05) is 6.67 Å². The Bertz CT molecular complexity index is 989. The van der Waals surface area contributed by atoms with Gasteiger partial charge in [0, 0.05) is 5.39 Å². The first-order valence-electron chi connectivity index (χ1n) is 6.10. The van der Waals surface area contributed by atoms with Gasteiger partial charge in [-0.25, -0.2) is 20.0 Å². The lowest BCUT2D eigenvalue weighted by molar-refractivity contribution is -0.137. The van der Waals surface area contributed by atoms with Gasteiger partial charge in [0.05, 0.1) is 5.52 Å². The Morgan fingerprint density at radius 1 is 1.20 bits per heavy atom. The molecule has 4 rings (SSSR count). The minimum absolute atomic E-state index is 0.158. The minimum atomic E-state index is -0.920. The third-order valence-corrected chi connectivity index (χ3v) is 3.28. The molecule has 7 heteroatoms. The topological polar surface area (TPSA) is 92.7 Å². The van der Waals surface area contributed by atoms with Crippen molar-refractivity contribution in [1.82, 2.24) is 14.5 Å². The van der Waals surface area contributed by atoms with Gasteiger partial charge in [0.1, 0.15) is 18.7 Å². The lowest BCUT2D eigenvalue weighted by Gasteiger charge is -2.01. The summed E-state index contributed by atoms with van der Waals surface area (Å²) in [6.45, 7) is 0.174. The molecule has 0 bridgehead atoms. The molecule has 1 N–H and O–H groups in total. The molecule has 1 aliphatic heterocycles. The van der Waals surface area contributed by atoms with Gasteiger partial charge in [-0.1, -0.05) is 18.2 Å². The van der Waals surface area contributed by atoms with Gasteiger partial charge in [-0.2, -0.15) is 0 Å². The van der Waals surface area contributed by atoms with Gasteiger partial charge < -0.3 is 9.67 Å². The first kappa shape index (κ1) is 11.0. The van der Waals surface area contributed by atoms with Gasteiger partial charge in [-0.3, -0.25) is 4.79 Å². The molecule has 0 aliphatic carbocycles. The average Bonchev–Trinajstić information content (AvgIpc) is 3.00. The summed E-state index contributed by atoms with van der Waals surface area (Å²) in [5, 5.41) is 9.96. The predicted molar refractivity (Wildman–Crippen MR) is 69.8 cm³/mol. The van der Waals surface area contributed by atoms with Crippen LogP contribution in [0.25, 0.3) is 22.1 Å². The highest BCUT2D eigenvalue weighted by Gasteiger charge is 2.16. The summed E-state index contributed by atoms with van der Waals surface area (Å²) >= 11 is 0. The van der Waals surface area contributed by atoms with Crippen LogP contribution >= 0.6 is 0 Å². The number of para-hydroxylation sites is 1. The molecule has 1 aromatic carbocycles. The Morgan fingerprint density at radius 3 is 2.75 bits per heavy atom. The zero-order chi connectivity index (χ0) is 13.7. The second-order valence-corrected chi connectivity index (χ2v) is 4.50. The molecule has 0 unspecified atom stereocenters. The Hall–Kier alpha value is -2.83. The zero-order valence-corrected chi connectivity index (χ0v) is 10.3. The van der Waals surface area contributed by atoms with Crippen molar-refractivity contribution < 1.29 is 9.90 Å². The van der Waals surface area contributed by atoms with Crippen LogP contribution in [0.3, 0.4) is 0 Å². The number of carboxylic acids is 1. The maximum absolute atomic E-state index is 11.1. The second-order valence-electron chi connectivity index (χ2n) is 4.50. The van der Waals surface area contributed by atoms with Gasteiger partial charge in [0.2, 0.25) is 0 Å². The average molecular weight is 267 g/mol. The molecular weight excluding hydrogens is 258 g/mol. The van der Waals surface area contributed by atoms with Crippen molar-refractivity contribution in [2.45, 2.75) is 6.54 Å². The van der Waals surface area contributed by atoms with Crippen molar-refractivity contribution in [3.8, 4) is 0 Å². The Kier molecular flexibility index (Phi) is 2.11. The van der Waals surface area contributed by atoms with Crippen LogP contribution in [0, 0.1) is 0 Å². The number of rotatable bonds is 2. The van der Waals surface area contributed by atoms with E-state index in [2.05, 4.69) is 20.0 Å². The van der Waals surface area contributed by atoms with E-state index < -0.39 is 5.97 Å². The number of aromatic nitrogens is 3. The molecule has 0 fully saturated rings. The quantitative estimate of drug-likeness (QED) is 0.700. The summed E-state index contributed by atoms with van der Waals surface area (Å²) in [6.07, 6.45) is 0. The monoisotopic (exact) mass is 267 g/mol. The molecule has 0 spiro atoms. The highest BCUT2D eigenvalue weighted by atomic mass is 16.4. The van der Waals surface area contributed by atoms with Crippen molar-refractivity contribution in [3.63, 3.8) is 0 Å². The molecule has 0 saturated carbocycles. The van der Waals surface area contributed by atoms with Crippen LogP contribution in [-0.2, 0) is 11.3 Å². The third kappa shape index (κ3) is 1.43. The number of hydrogen-bond acceptors (Lipinski definition) is 5. The van der Waals surface area contributed by atoms with E-state index in [9.17, 15) is 4.79 Å². The number of carboxylic acid groups (broad SMARTS) is 1. The Balaban J connectivity index is 2.22. The van der Waals surface area contributed by atoms with Crippen LogP contribution < -0.4 is 11.0 Å². The summed E-state index contributed by atoms with van der Waals surface area (Å²) in [7, 11) is 0. The van der Waals surface area contributed by atoms with E-state index in [0.717, 1.165) is 10.9 Å². The maximum Gasteiger partial charge on any atom is 0.323 e. The van der Waals surface area contributed by atoms with E-state index in [1.54, 1.807) is 4.57 Å². The number of hydrogen-bond donors (Lipinski definition) is 1. The fraction of sp³-hybridized carbons (Fsp3) is 0.154. The molecule has 0 saturated heterocycles. The van der Waals surface area contributed by atoms with E-state index >= 15 is 0 Å². The maximum atomic E-state index is 11.1. The summed E-state index contributed by atoms with van der Waals surface area (Å²) < 4.78 is 1.65. The highest BCUT2D eigenvalue weighted by molar-refractivity contribution is 6.04. The van der Waals surface area contributed by atoms with Crippen molar-refractivity contribution in [2.24, 2.45) is 9.98 Å². The van der Waals surface area contributed by atoms with Crippen molar-refractivity contribution in [3.05, 3.63) is 35.2 Å². The van der Waals surface area contributed by atoms with Crippen molar-refractivity contribution >= 4 is 28.0 Å². The molecule has 1 aliphatic rings. The van der Waals surface area contributed by atoms with E-state index in [0.29, 0.717) is 28.8 Å². The third-order valence-electron chi connectivity index (χ3n) is 3.28. The van der Waals surface area contributed by atoms with E-state index in [1.165, 1.54) is 0 Å². The van der Waals surface area contributed by atoms with Gasteiger partial charge in [-0.15, -0.1) is 0 Å². The SMILES string of the molecule is O=C(O)Cn1c2ccccc2c2nc3c(nc21)=NCN=3. The van der Waals surface area contributed by atoms with Crippen LogP contribution in [0.4, 0.5) is 0 Å². The molecule has 3 aromatic rings. The van der Waals surface area contributed by atoms with Crippen LogP contribution in [0.15, 0.2) is 34.3 Å². The molecular formula is C13H9N5O2. The van der Waals surface area contributed by atoms with Crippen LogP contribution in [-0.4, -0.2) is 32.3 Å². The highest BCUT2D eigenvalue weighted by Crippen LogP contribution is 2.24. The molecule has 2 aromatic heterocycles. The summed E-state index contributed by atoms with van der Waals surface area (Å²) in [5.74, 6) is -0.920. The number of benzene rings is 1. The van der Waals surface area contributed by atoms with E-state index in [4.69, 9.17) is 5.11 Å². The lowest BCUT2D eigenvalue weighted by atomic mass is 10.2. The summed E-state index contributed by atoms with van der Waals surface area (Å²) in [6, 6.07) is 7.52. The molecule has 20 heavy (non-hydrogen) atoms. The zero-order valence-electron chi connectivity index (χ0n) is 10.3. The fourth-order valence-corrected chi connectivity index (χ4v) is 2.48. The van der Waals surface area contributed by atoms with Crippen LogP contribution in [0.2, 0.25) is 0 Å². The first-order chi connectivity index (χ1) is 9.74. The molecule has 0 atom stereocenters. The first-order valence-corrected chi connectivity index (χ1v) is 6.10. The minimum Gasteiger partial charge on any atom is -0.480 e. The van der Waals surface area contributed by atoms with Crippen molar-refractivity contribution in [1.29, 1.82) is 0 Å². The molecule has 0 radical (unpaired) electrons. The lowest BCUT2D eigenvalue weighted by Crippen LogP contribution is -2.29. The van der Waals surface area contributed by atoms with Gasteiger partial charge in [-0.05, 0) is 6.07 Å². The largest absolute Gasteiger partial charge is 0.480 e. The number of fused-ring (bicyclic) bond motifs is 4. The molecule has 98 valence electrons. The fourth-order valence-electron chi connectivity index (χ4n) is 2.48. The number of aliphatic carboxylic acids is 1. The normalized spacial score (nSPS) is 13.2. The predicted octanol–water partition coefficient (Wildman–Crippen LogP) is -0.121. The van der Waals surface area contributed by atoms with E-state index in [1.807, 2.05) is 24.3 Å². The molecule has 7 nitrogen and oxygen atoms in total. The smallest absolute Gasteiger partial charge is 0.323 e. The summed E-state index contributed by atoms with van der Waals surface area (Å²) in [4.78, 5) is 28.3. The standard InChI is InChI=1S/C13H9N5O2/c19-9(20)5-18-8-4-2-1-3-7(8)10-13(18)17-12-11(16-10)14-6-15-12/h1-4H,5-6H2,(H,19,20).